The quantitative estimate of drug-likeness (QED) is 0.794. The number of aromatic nitrogens is 1. The van der Waals surface area contributed by atoms with Crippen molar-refractivity contribution < 1.29 is 9.53 Å². The van der Waals surface area contributed by atoms with E-state index in [1.165, 1.54) is 7.11 Å². The van der Waals surface area contributed by atoms with E-state index in [0.717, 1.165) is 18.8 Å². The van der Waals surface area contributed by atoms with E-state index in [2.05, 4.69) is 29.0 Å². The van der Waals surface area contributed by atoms with Gasteiger partial charge < -0.3 is 15.0 Å². The molecule has 1 saturated heterocycles. The van der Waals surface area contributed by atoms with Gasteiger partial charge in [-0.05, 0) is 26.0 Å². The van der Waals surface area contributed by atoms with E-state index in [1.54, 1.807) is 12.3 Å². The molecular formula is C13H19N3O2. The zero-order valence-electron chi connectivity index (χ0n) is 11.0. The molecule has 1 fully saturated rings. The Morgan fingerprint density at radius 3 is 3.06 bits per heavy atom. The minimum absolute atomic E-state index is 0.355. The van der Waals surface area contributed by atoms with Gasteiger partial charge >= 0.3 is 5.97 Å². The van der Waals surface area contributed by atoms with Gasteiger partial charge in [0, 0.05) is 37.1 Å². The number of nitrogens with zero attached hydrogens (tertiary/aromatic N) is 2. The lowest BCUT2D eigenvalue weighted by Gasteiger charge is -2.39. The zero-order valence-corrected chi connectivity index (χ0v) is 11.0. The maximum atomic E-state index is 11.5. The van der Waals surface area contributed by atoms with Crippen LogP contribution in [0.25, 0.3) is 0 Å². The summed E-state index contributed by atoms with van der Waals surface area (Å²) in [6.45, 7) is 6.18. The fraction of sp³-hybridized carbons (Fsp3) is 0.538. The molecule has 0 bridgehead atoms. The molecule has 18 heavy (non-hydrogen) atoms. The number of methoxy groups -OCH3 is 1. The van der Waals surface area contributed by atoms with Gasteiger partial charge in [0.15, 0.2) is 0 Å². The lowest BCUT2D eigenvalue weighted by Crippen LogP contribution is -2.54. The van der Waals surface area contributed by atoms with E-state index in [9.17, 15) is 4.79 Å². The summed E-state index contributed by atoms with van der Waals surface area (Å²) in [5, 5.41) is 3.43. The van der Waals surface area contributed by atoms with Crippen LogP contribution in [0.3, 0.4) is 0 Å². The number of hydrogen-bond donors (Lipinski definition) is 1. The van der Waals surface area contributed by atoms with Crippen molar-refractivity contribution in [3.63, 3.8) is 0 Å². The summed E-state index contributed by atoms with van der Waals surface area (Å²) in [4.78, 5) is 17.8. The number of pyridine rings is 1. The molecule has 0 saturated carbocycles. The first-order valence-electron chi connectivity index (χ1n) is 6.16. The highest BCUT2D eigenvalue weighted by atomic mass is 16.5. The number of esters is 1. The molecule has 1 N–H and O–H groups in total. The van der Waals surface area contributed by atoms with E-state index < -0.39 is 5.97 Å². The lowest BCUT2D eigenvalue weighted by molar-refractivity contribution is 0.0594. The van der Waals surface area contributed by atoms with Crippen molar-refractivity contribution in [2.45, 2.75) is 25.9 Å². The van der Waals surface area contributed by atoms with Crippen molar-refractivity contribution in [1.82, 2.24) is 10.3 Å². The van der Waals surface area contributed by atoms with Gasteiger partial charge in [0.2, 0.25) is 0 Å². The normalized spacial score (nSPS) is 23.8. The molecular weight excluding hydrogens is 230 g/mol. The van der Waals surface area contributed by atoms with E-state index in [4.69, 9.17) is 4.74 Å². The lowest BCUT2D eigenvalue weighted by atomic mass is 10.1. The summed E-state index contributed by atoms with van der Waals surface area (Å²) < 4.78 is 4.69. The molecule has 5 nitrogen and oxygen atoms in total. The molecule has 0 amide bonds. The molecule has 5 heteroatoms. The maximum absolute atomic E-state index is 11.5. The zero-order chi connectivity index (χ0) is 13.1. The molecule has 98 valence electrons. The van der Waals surface area contributed by atoms with Crippen LogP contribution in [0.2, 0.25) is 0 Å². The number of nitrogens with one attached hydrogen (secondary N) is 1. The minimum Gasteiger partial charge on any atom is -0.464 e. The Morgan fingerprint density at radius 2 is 2.33 bits per heavy atom. The summed E-state index contributed by atoms with van der Waals surface area (Å²) in [7, 11) is 1.37. The molecule has 1 aliphatic rings. The molecule has 0 spiro atoms. The van der Waals surface area contributed by atoms with E-state index in [0.29, 0.717) is 17.8 Å². The van der Waals surface area contributed by atoms with Crippen LogP contribution in [0, 0.1) is 0 Å². The Balaban J connectivity index is 2.24. The van der Waals surface area contributed by atoms with Crippen molar-refractivity contribution in [2.24, 2.45) is 0 Å². The predicted molar refractivity (Wildman–Crippen MR) is 69.8 cm³/mol. The second-order valence-electron chi connectivity index (χ2n) is 4.70. The van der Waals surface area contributed by atoms with E-state index in [-0.39, 0.29) is 0 Å². The molecule has 1 aromatic heterocycles. The Hall–Kier alpha value is -1.62. The highest BCUT2D eigenvalue weighted by Crippen LogP contribution is 2.20. The second-order valence-corrected chi connectivity index (χ2v) is 4.70. The van der Waals surface area contributed by atoms with Gasteiger partial charge in [-0.25, -0.2) is 9.78 Å². The number of piperazine rings is 1. The third kappa shape index (κ3) is 2.61. The fourth-order valence-corrected chi connectivity index (χ4v) is 2.20. The molecule has 1 aliphatic heterocycles. The third-order valence-corrected chi connectivity index (χ3v) is 3.23. The van der Waals surface area contributed by atoms with Crippen LogP contribution < -0.4 is 10.2 Å². The van der Waals surface area contributed by atoms with Gasteiger partial charge in [0.1, 0.15) is 5.69 Å². The van der Waals surface area contributed by atoms with Crippen LogP contribution in [0.15, 0.2) is 18.3 Å². The number of carbonyl (C=O) groups excluding carboxylic acids is 1. The van der Waals surface area contributed by atoms with Crippen LogP contribution in [0.1, 0.15) is 24.3 Å². The summed E-state index contributed by atoms with van der Waals surface area (Å²) in [5.74, 6) is -0.396. The topological polar surface area (TPSA) is 54.5 Å². The van der Waals surface area contributed by atoms with Crippen molar-refractivity contribution in [3.05, 3.63) is 24.0 Å². The highest BCUT2D eigenvalue weighted by Gasteiger charge is 2.23. The van der Waals surface area contributed by atoms with E-state index >= 15 is 0 Å². The largest absolute Gasteiger partial charge is 0.464 e. The number of carbonyl (C=O) groups is 1. The van der Waals surface area contributed by atoms with Gasteiger partial charge in [-0.1, -0.05) is 0 Å². The highest BCUT2D eigenvalue weighted by molar-refractivity contribution is 5.88. The van der Waals surface area contributed by atoms with Gasteiger partial charge in [0.05, 0.1) is 7.11 Å². The Morgan fingerprint density at radius 1 is 1.56 bits per heavy atom. The molecule has 2 unspecified atom stereocenters. The van der Waals surface area contributed by atoms with Gasteiger partial charge in [-0.3, -0.25) is 0 Å². The summed E-state index contributed by atoms with van der Waals surface area (Å²) in [6, 6.07) is 4.56. The SMILES string of the molecule is COC(=O)c1cc(N2CC(C)NCC2C)ccn1. The third-order valence-electron chi connectivity index (χ3n) is 3.23. The molecule has 2 atom stereocenters. The fourth-order valence-electron chi connectivity index (χ4n) is 2.20. The standard InChI is InChI=1S/C13H19N3O2/c1-9-8-16(10(2)7-15-9)11-4-5-14-12(6-11)13(17)18-3/h4-6,9-10,15H,7-8H2,1-3H3. The number of anilines is 1. The van der Waals surface area contributed by atoms with Crippen LogP contribution in [0.4, 0.5) is 5.69 Å². The predicted octanol–water partition coefficient (Wildman–Crippen LogP) is 1.05. The Kier molecular flexibility index (Phi) is 3.81. The van der Waals surface area contributed by atoms with Crippen LogP contribution in [0.5, 0.6) is 0 Å². The first-order valence-corrected chi connectivity index (χ1v) is 6.16. The van der Waals surface area contributed by atoms with Crippen LogP contribution in [-0.4, -0.2) is 43.2 Å². The number of ether oxygens (including phenoxy) is 1. The molecule has 0 aromatic carbocycles. The van der Waals surface area contributed by atoms with Crippen molar-refractivity contribution >= 4 is 11.7 Å². The number of rotatable bonds is 2. The minimum atomic E-state index is -0.396. The maximum Gasteiger partial charge on any atom is 0.356 e. The Labute approximate surface area is 107 Å². The van der Waals surface area contributed by atoms with E-state index in [1.807, 2.05) is 6.07 Å². The van der Waals surface area contributed by atoms with Crippen molar-refractivity contribution in [1.29, 1.82) is 0 Å². The average molecular weight is 249 g/mol. The van der Waals surface area contributed by atoms with Gasteiger partial charge in [-0.2, -0.15) is 0 Å². The smallest absolute Gasteiger partial charge is 0.356 e. The summed E-state index contributed by atoms with van der Waals surface area (Å²) in [6.07, 6.45) is 1.65. The van der Waals surface area contributed by atoms with Gasteiger partial charge in [-0.15, -0.1) is 0 Å². The number of hydrogen-bond acceptors (Lipinski definition) is 5. The average Bonchev–Trinajstić information content (AvgIpc) is 2.40. The van der Waals surface area contributed by atoms with Crippen molar-refractivity contribution in [2.75, 3.05) is 25.1 Å². The summed E-state index contributed by atoms with van der Waals surface area (Å²) in [5.41, 5.74) is 1.37. The molecule has 2 heterocycles. The molecule has 1 aromatic rings. The molecule has 0 radical (unpaired) electrons. The van der Waals surface area contributed by atoms with Crippen molar-refractivity contribution in [3.8, 4) is 0 Å². The first-order chi connectivity index (χ1) is 8.61. The molecule has 2 rings (SSSR count). The second kappa shape index (κ2) is 5.35. The monoisotopic (exact) mass is 249 g/mol. The summed E-state index contributed by atoms with van der Waals surface area (Å²) >= 11 is 0. The Bertz CT molecular complexity index is 436. The van der Waals surface area contributed by atoms with Crippen LogP contribution >= 0.6 is 0 Å². The van der Waals surface area contributed by atoms with Gasteiger partial charge in [0.25, 0.3) is 0 Å². The molecule has 0 aliphatic carbocycles. The van der Waals surface area contributed by atoms with Crippen LogP contribution in [-0.2, 0) is 4.74 Å². The first kappa shape index (κ1) is 12.8.